The van der Waals surface area contributed by atoms with E-state index in [1.54, 1.807) is 0 Å². The monoisotopic (exact) mass is 254 g/mol. The Kier molecular flexibility index (Phi) is 2.41. The van der Waals surface area contributed by atoms with Crippen molar-refractivity contribution in [2.24, 2.45) is 0 Å². The molecular weight excluding hydrogens is 236 g/mol. The van der Waals surface area contributed by atoms with Crippen molar-refractivity contribution < 1.29 is 5.11 Å². The van der Waals surface area contributed by atoms with Crippen LogP contribution in [0, 0.1) is 0 Å². The van der Waals surface area contributed by atoms with Gasteiger partial charge in [-0.15, -0.1) is 0 Å². The maximum atomic E-state index is 11.2. The second-order valence-corrected chi connectivity index (χ2v) is 5.98. The molecule has 98 valence electrons. The molecule has 0 amide bonds. The Morgan fingerprint density at radius 2 is 1.95 bits per heavy atom. The normalized spacial score (nSPS) is 33.7. The van der Waals surface area contributed by atoms with Gasteiger partial charge in [-0.1, -0.05) is 18.2 Å². The maximum Gasteiger partial charge on any atom is 0.0932 e. The molecule has 4 rings (SSSR count). The molecule has 2 aliphatic rings. The minimum atomic E-state index is -0.683. The number of hydrogen-bond donors (Lipinski definition) is 2. The van der Waals surface area contributed by atoms with E-state index in [1.165, 1.54) is 12.8 Å². The molecule has 2 atom stereocenters. The SMILES string of the molecule is OC1(c2cccc3cnccc23)CC2CCC(C1)N2. The minimum absolute atomic E-state index is 0.473. The molecule has 2 unspecified atom stereocenters. The Balaban J connectivity index is 1.85. The highest BCUT2D eigenvalue weighted by atomic mass is 16.3. The Labute approximate surface area is 112 Å². The number of benzene rings is 1. The highest BCUT2D eigenvalue weighted by Gasteiger charge is 2.43. The molecule has 3 heterocycles. The molecule has 2 aliphatic heterocycles. The summed E-state index contributed by atoms with van der Waals surface area (Å²) in [6.45, 7) is 0. The highest BCUT2D eigenvalue weighted by Crippen LogP contribution is 2.42. The van der Waals surface area contributed by atoms with E-state index in [4.69, 9.17) is 0 Å². The number of rotatable bonds is 1. The van der Waals surface area contributed by atoms with Crippen molar-refractivity contribution in [1.29, 1.82) is 0 Å². The van der Waals surface area contributed by atoms with Gasteiger partial charge in [0.25, 0.3) is 0 Å². The zero-order valence-electron chi connectivity index (χ0n) is 10.8. The Bertz CT molecular complexity index is 608. The lowest BCUT2D eigenvalue weighted by molar-refractivity contribution is -0.0101. The van der Waals surface area contributed by atoms with Crippen LogP contribution in [-0.2, 0) is 5.60 Å². The van der Waals surface area contributed by atoms with Gasteiger partial charge >= 0.3 is 0 Å². The summed E-state index contributed by atoms with van der Waals surface area (Å²) in [6, 6.07) is 9.13. The number of nitrogens with zero attached hydrogens (tertiary/aromatic N) is 1. The zero-order chi connectivity index (χ0) is 12.9. The van der Waals surface area contributed by atoms with Gasteiger partial charge in [0.1, 0.15) is 0 Å². The van der Waals surface area contributed by atoms with Gasteiger partial charge in [0.15, 0.2) is 0 Å². The molecular formula is C16H18N2O. The molecule has 0 radical (unpaired) electrons. The number of aliphatic hydroxyl groups is 1. The van der Waals surface area contributed by atoms with Crippen molar-refractivity contribution in [1.82, 2.24) is 10.3 Å². The predicted molar refractivity (Wildman–Crippen MR) is 74.8 cm³/mol. The van der Waals surface area contributed by atoms with Crippen LogP contribution in [-0.4, -0.2) is 22.2 Å². The first kappa shape index (κ1) is 11.4. The smallest absolute Gasteiger partial charge is 0.0932 e. The van der Waals surface area contributed by atoms with Crippen LogP contribution >= 0.6 is 0 Å². The molecule has 2 fully saturated rings. The maximum absolute atomic E-state index is 11.2. The largest absolute Gasteiger partial charge is 0.385 e. The van der Waals surface area contributed by atoms with Gasteiger partial charge in [-0.2, -0.15) is 0 Å². The van der Waals surface area contributed by atoms with Crippen LogP contribution in [0.1, 0.15) is 31.2 Å². The molecule has 2 aromatic rings. The van der Waals surface area contributed by atoms with Crippen molar-refractivity contribution in [2.45, 2.75) is 43.4 Å². The summed E-state index contributed by atoms with van der Waals surface area (Å²) < 4.78 is 0. The van der Waals surface area contributed by atoms with E-state index in [2.05, 4.69) is 22.4 Å². The molecule has 0 spiro atoms. The summed E-state index contributed by atoms with van der Waals surface area (Å²) in [6.07, 6.45) is 7.72. The van der Waals surface area contributed by atoms with Gasteiger partial charge in [-0.25, -0.2) is 0 Å². The van der Waals surface area contributed by atoms with Crippen LogP contribution in [0.4, 0.5) is 0 Å². The summed E-state index contributed by atoms with van der Waals surface area (Å²) in [5.74, 6) is 0. The van der Waals surface area contributed by atoms with Crippen molar-refractivity contribution in [2.75, 3.05) is 0 Å². The van der Waals surface area contributed by atoms with Gasteiger partial charge in [0.05, 0.1) is 5.60 Å². The molecule has 3 heteroatoms. The summed E-state index contributed by atoms with van der Waals surface area (Å²) in [5.41, 5.74) is 0.392. The molecule has 1 aromatic carbocycles. The van der Waals surface area contributed by atoms with E-state index in [-0.39, 0.29) is 0 Å². The summed E-state index contributed by atoms with van der Waals surface area (Å²) in [4.78, 5) is 4.17. The molecule has 2 bridgehead atoms. The fraction of sp³-hybridized carbons (Fsp3) is 0.438. The van der Waals surface area contributed by atoms with Crippen molar-refractivity contribution in [3.05, 3.63) is 42.2 Å². The summed E-state index contributed by atoms with van der Waals surface area (Å²) in [5, 5.41) is 17.0. The third kappa shape index (κ3) is 1.77. The van der Waals surface area contributed by atoms with E-state index in [0.29, 0.717) is 12.1 Å². The molecule has 2 N–H and O–H groups in total. The topological polar surface area (TPSA) is 45.2 Å². The third-order valence-corrected chi connectivity index (χ3v) is 4.69. The van der Waals surface area contributed by atoms with Crippen LogP contribution in [0.15, 0.2) is 36.7 Å². The quantitative estimate of drug-likeness (QED) is 0.821. The lowest BCUT2D eigenvalue weighted by Gasteiger charge is -2.38. The van der Waals surface area contributed by atoms with E-state index in [1.807, 2.05) is 24.5 Å². The predicted octanol–water partition coefficient (Wildman–Crippen LogP) is 2.34. The first-order chi connectivity index (χ1) is 9.24. The van der Waals surface area contributed by atoms with Gasteiger partial charge in [-0.05, 0) is 42.7 Å². The number of pyridine rings is 1. The second-order valence-electron chi connectivity index (χ2n) is 5.98. The average Bonchev–Trinajstić information content (AvgIpc) is 2.78. The number of hydrogen-bond acceptors (Lipinski definition) is 3. The van der Waals surface area contributed by atoms with Gasteiger partial charge in [-0.3, -0.25) is 4.98 Å². The molecule has 3 nitrogen and oxygen atoms in total. The van der Waals surface area contributed by atoms with E-state index >= 15 is 0 Å². The van der Waals surface area contributed by atoms with Crippen molar-refractivity contribution in [3.63, 3.8) is 0 Å². The van der Waals surface area contributed by atoms with Gasteiger partial charge in [0.2, 0.25) is 0 Å². The minimum Gasteiger partial charge on any atom is -0.385 e. The first-order valence-corrected chi connectivity index (χ1v) is 7.06. The lowest BCUT2D eigenvalue weighted by atomic mass is 9.80. The number of fused-ring (bicyclic) bond motifs is 3. The average molecular weight is 254 g/mol. The number of piperidine rings is 1. The lowest BCUT2D eigenvalue weighted by Crippen LogP contribution is -2.46. The van der Waals surface area contributed by atoms with Crippen LogP contribution in [0.5, 0.6) is 0 Å². The highest BCUT2D eigenvalue weighted by molar-refractivity contribution is 5.85. The Morgan fingerprint density at radius 1 is 1.16 bits per heavy atom. The first-order valence-electron chi connectivity index (χ1n) is 7.06. The van der Waals surface area contributed by atoms with Crippen LogP contribution in [0.25, 0.3) is 10.8 Å². The van der Waals surface area contributed by atoms with Crippen LogP contribution in [0.2, 0.25) is 0 Å². The molecule has 19 heavy (non-hydrogen) atoms. The van der Waals surface area contributed by atoms with Gasteiger partial charge < -0.3 is 10.4 Å². The number of aromatic nitrogens is 1. The summed E-state index contributed by atoms with van der Waals surface area (Å²) in [7, 11) is 0. The van der Waals surface area contributed by atoms with Gasteiger partial charge in [0, 0.05) is 29.9 Å². The number of nitrogens with one attached hydrogen (secondary N) is 1. The van der Waals surface area contributed by atoms with Crippen LogP contribution < -0.4 is 5.32 Å². The fourth-order valence-electron chi connectivity index (χ4n) is 3.87. The van der Waals surface area contributed by atoms with Crippen molar-refractivity contribution >= 4 is 10.8 Å². The molecule has 2 saturated heterocycles. The summed E-state index contributed by atoms with van der Waals surface area (Å²) >= 11 is 0. The van der Waals surface area contributed by atoms with E-state index in [9.17, 15) is 5.11 Å². The molecule has 0 aliphatic carbocycles. The van der Waals surface area contributed by atoms with E-state index < -0.39 is 5.60 Å². The van der Waals surface area contributed by atoms with Crippen molar-refractivity contribution in [3.8, 4) is 0 Å². The zero-order valence-corrected chi connectivity index (χ0v) is 10.8. The Morgan fingerprint density at radius 3 is 2.74 bits per heavy atom. The van der Waals surface area contributed by atoms with Crippen LogP contribution in [0.3, 0.4) is 0 Å². The van der Waals surface area contributed by atoms with E-state index in [0.717, 1.165) is 29.2 Å². The third-order valence-electron chi connectivity index (χ3n) is 4.69. The Hall–Kier alpha value is -1.45. The molecule has 1 aromatic heterocycles. The molecule has 0 saturated carbocycles. The fourth-order valence-corrected chi connectivity index (χ4v) is 3.87. The standard InChI is InChI=1S/C16H18N2O/c19-16(8-12-4-5-13(9-16)18-12)15-3-1-2-11-10-17-7-6-14(11)15/h1-3,6-7,10,12-13,18-19H,4-5,8-9H2. The second kappa shape index (κ2) is 4.02.